The van der Waals surface area contributed by atoms with E-state index in [4.69, 9.17) is 18.5 Å². The van der Waals surface area contributed by atoms with Crippen molar-refractivity contribution < 1.29 is 90.6 Å². The number of rotatable bonds is 40. The topological polar surface area (TPSA) is 303 Å². The quantitative estimate of drug-likeness (QED) is 0.0127. The summed E-state index contributed by atoms with van der Waals surface area (Å²) in [6, 6.07) is 0. The summed E-state index contributed by atoms with van der Waals surface area (Å²) in [6.07, 6.45) is 12.7. The summed E-state index contributed by atoms with van der Waals surface area (Å²) in [5.74, 6) is -1.28. The van der Waals surface area contributed by atoms with Crippen molar-refractivity contribution in [1.29, 1.82) is 0 Å². The summed E-state index contributed by atoms with van der Waals surface area (Å²) in [4.78, 5) is 73.1. The van der Waals surface area contributed by atoms with Crippen molar-refractivity contribution in [3.8, 4) is 0 Å². The molecule has 23 heteroatoms. The van der Waals surface area contributed by atoms with E-state index in [0.29, 0.717) is 12.8 Å². The maximum Gasteiger partial charge on any atom is 0.472 e. The molecule has 64 heavy (non-hydrogen) atoms. The molecule has 1 fully saturated rings. The number of aliphatic hydroxyl groups excluding tert-OH is 3. The van der Waals surface area contributed by atoms with E-state index < -0.39 is 91.3 Å². The summed E-state index contributed by atoms with van der Waals surface area (Å²) >= 11 is 0. The fraction of sp³-hybridized carbons (Fsp3) is 0.951. The summed E-state index contributed by atoms with van der Waals surface area (Å²) in [6.45, 7) is 2.94. The van der Waals surface area contributed by atoms with Crippen LogP contribution in [0.4, 0.5) is 0 Å². The number of carbonyl (C=O) groups is 2. The van der Waals surface area contributed by atoms with Crippen molar-refractivity contribution in [1.82, 2.24) is 0 Å². The van der Waals surface area contributed by atoms with Gasteiger partial charge in [-0.3, -0.25) is 27.7 Å². The summed E-state index contributed by atoms with van der Waals surface area (Å²) in [5.41, 5.74) is 0. The van der Waals surface area contributed by atoms with Gasteiger partial charge in [-0.25, -0.2) is 13.7 Å². The van der Waals surface area contributed by atoms with Crippen molar-refractivity contribution >= 4 is 65.0 Å². The van der Waals surface area contributed by atoms with Crippen molar-refractivity contribution in [2.24, 2.45) is 0 Å². The molecule has 1 radical (unpaired) electrons. The Labute approximate surface area is 403 Å². The molecular formula is C41H81NaO19P3. The number of phosphoric ester groups is 3. The summed E-state index contributed by atoms with van der Waals surface area (Å²) in [7, 11) is -16.6. The van der Waals surface area contributed by atoms with Gasteiger partial charge in [0.15, 0.2) is 6.10 Å². The standard InChI is InChI=1S/C41H81O19P3.Na/c1-3-5-7-9-11-13-15-17-19-21-23-25-27-29-34(42)55-31-33(57-35(43)30-28-26-24-22-20-18-16-14-12-10-8-6-4-2)32-56-63(53,54)60-39-36(44)37(45)40(58-61(47,48)49)41(38(39)46)59-62(50,51)52;/h33,36-41,44-46H,3-32H2,1-2H3,(H,53,54)(H2,47,48,49)(H2,50,51,52);/t33-,36-,37+,38+,39-,40-,41-;/m1./s1. The second-order valence-corrected chi connectivity index (χ2v) is 20.5. The second kappa shape index (κ2) is 37.0. The van der Waals surface area contributed by atoms with E-state index in [-0.39, 0.29) is 42.4 Å². The van der Waals surface area contributed by atoms with Gasteiger partial charge in [-0.1, -0.05) is 168 Å². The minimum Gasteiger partial charge on any atom is -0.462 e. The van der Waals surface area contributed by atoms with E-state index >= 15 is 0 Å². The molecule has 1 rings (SSSR count). The van der Waals surface area contributed by atoms with Crippen molar-refractivity contribution in [2.75, 3.05) is 13.2 Å². The fourth-order valence-electron chi connectivity index (χ4n) is 7.41. The van der Waals surface area contributed by atoms with Gasteiger partial charge in [0.25, 0.3) is 0 Å². The van der Waals surface area contributed by atoms with E-state index in [0.717, 1.165) is 51.4 Å². The number of phosphoric acid groups is 3. The van der Waals surface area contributed by atoms with Crippen LogP contribution in [-0.2, 0) is 50.9 Å². The predicted molar refractivity (Wildman–Crippen MR) is 240 cm³/mol. The number of unbranched alkanes of at least 4 members (excludes halogenated alkanes) is 24. The zero-order valence-corrected chi connectivity index (χ0v) is 43.3. The number of carbonyl (C=O) groups excluding carboxylic acids is 2. The Balaban J connectivity index is 0.0000397. The summed E-state index contributed by atoms with van der Waals surface area (Å²) in [5, 5.41) is 31.8. The van der Waals surface area contributed by atoms with E-state index in [1.54, 1.807) is 0 Å². The molecule has 1 aliphatic carbocycles. The second-order valence-electron chi connectivity index (χ2n) is 16.7. The monoisotopic (exact) mass is 993 g/mol. The average molecular weight is 994 g/mol. The molecule has 0 spiro atoms. The Bertz CT molecular complexity index is 1350. The number of esters is 2. The maximum atomic E-state index is 13.1. The molecule has 375 valence electrons. The van der Waals surface area contributed by atoms with Crippen LogP contribution < -0.4 is 0 Å². The third-order valence-electron chi connectivity index (χ3n) is 10.9. The molecule has 1 unspecified atom stereocenters. The van der Waals surface area contributed by atoms with Crippen LogP contribution in [0.2, 0.25) is 0 Å². The van der Waals surface area contributed by atoms with Crippen molar-refractivity contribution in [3.05, 3.63) is 0 Å². The smallest absolute Gasteiger partial charge is 0.462 e. The molecule has 19 nitrogen and oxygen atoms in total. The third-order valence-corrected chi connectivity index (χ3v) is 12.9. The number of aliphatic hydroxyl groups is 3. The van der Waals surface area contributed by atoms with Crippen LogP contribution in [0.15, 0.2) is 0 Å². The molecule has 0 aromatic carbocycles. The Kier molecular flexibility index (Phi) is 37.1. The van der Waals surface area contributed by atoms with Gasteiger partial charge in [-0.15, -0.1) is 0 Å². The van der Waals surface area contributed by atoms with Gasteiger partial charge < -0.3 is 49.3 Å². The predicted octanol–water partition coefficient (Wildman–Crippen LogP) is 7.58. The zero-order valence-electron chi connectivity index (χ0n) is 38.7. The van der Waals surface area contributed by atoms with Crippen LogP contribution in [0.3, 0.4) is 0 Å². The van der Waals surface area contributed by atoms with Gasteiger partial charge in [0.2, 0.25) is 0 Å². The summed E-state index contributed by atoms with van der Waals surface area (Å²) < 4.78 is 65.4. The molecule has 0 saturated heterocycles. The van der Waals surface area contributed by atoms with Crippen LogP contribution in [0, 0.1) is 0 Å². The first-order valence-electron chi connectivity index (χ1n) is 23.3. The Hall–Kier alpha value is 0.150. The first-order chi connectivity index (χ1) is 29.8. The number of hydrogen-bond acceptors (Lipinski definition) is 14. The zero-order chi connectivity index (χ0) is 47.2. The van der Waals surface area contributed by atoms with E-state index in [1.165, 1.54) is 103 Å². The van der Waals surface area contributed by atoms with Gasteiger partial charge in [0, 0.05) is 42.4 Å². The first-order valence-corrected chi connectivity index (χ1v) is 27.9. The molecule has 1 saturated carbocycles. The van der Waals surface area contributed by atoms with Crippen molar-refractivity contribution in [3.63, 3.8) is 0 Å². The molecule has 0 bridgehead atoms. The number of hydrogen-bond donors (Lipinski definition) is 8. The largest absolute Gasteiger partial charge is 0.472 e. The Morgan fingerprint density at radius 1 is 0.453 bits per heavy atom. The van der Waals surface area contributed by atoms with Gasteiger partial charge in [0.05, 0.1) is 6.61 Å². The Morgan fingerprint density at radius 2 is 0.781 bits per heavy atom. The van der Waals surface area contributed by atoms with E-state index in [1.807, 2.05) is 0 Å². The minimum atomic E-state index is -5.59. The van der Waals surface area contributed by atoms with Gasteiger partial charge >= 0.3 is 35.4 Å². The molecule has 8 atom stereocenters. The van der Waals surface area contributed by atoms with Crippen LogP contribution in [0.25, 0.3) is 0 Å². The normalized spacial score (nSPS) is 21.8. The molecule has 8 N–H and O–H groups in total. The van der Waals surface area contributed by atoms with Crippen LogP contribution in [0.5, 0.6) is 0 Å². The van der Waals surface area contributed by atoms with Crippen LogP contribution >= 0.6 is 23.5 Å². The average Bonchev–Trinajstić information content (AvgIpc) is 3.20. The maximum absolute atomic E-state index is 13.1. The molecule has 1 aliphatic rings. The van der Waals surface area contributed by atoms with E-state index in [9.17, 15) is 63.1 Å². The van der Waals surface area contributed by atoms with Gasteiger partial charge in [-0.2, -0.15) is 0 Å². The van der Waals surface area contributed by atoms with E-state index in [2.05, 4.69) is 22.9 Å². The SMILES string of the molecule is CCCCCCCCCCCCCCCC(=O)OC[C@H](COP(=O)(O)O[C@@H]1[C@H](O)[C@H](O)[C@@H](OP(=O)(O)O)[C@H](OP(=O)(O)O)[C@H]1O)OC(=O)CCCCCCCCCCCCCCC.[Na]. The first kappa shape index (κ1) is 64.2. The van der Waals surface area contributed by atoms with Gasteiger partial charge in [-0.05, 0) is 12.8 Å². The number of ether oxygens (including phenoxy) is 2. The molecule has 0 aromatic heterocycles. The minimum absolute atomic E-state index is 0. The molecule has 0 heterocycles. The van der Waals surface area contributed by atoms with Gasteiger partial charge in [0.1, 0.15) is 43.2 Å². The molecule has 0 aliphatic heterocycles. The fourth-order valence-corrected chi connectivity index (χ4v) is 9.50. The van der Waals surface area contributed by atoms with Crippen LogP contribution in [0.1, 0.15) is 194 Å². The molecule has 0 amide bonds. The van der Waals surface area contributed by atoms with Crippen molar-refractivity contribution in [2.45, 2.75) is 236 Å². The third kappa shape index (κ3) is 32.8. The van der Waals surface area contributed by atoms with Crippen LogP contribution in [-0.4, -0.2) is 137 Å². The molecular weight excluding hydrogens is 912 g/mol. The molecule has 0 aromatic rings. The Morgan fingerprint density at radius 3 is 1.16 bits per heavy atom.